The lowest BCUT2D eigenvalue weighted by Gasteiger charge is -2.18. The molecule has 0 aromatic carbocycles. The molecule has 0 atom stereocenters. The van der Waals surface area contributed by atoms with Crippen molar-refractivity contribution in [2.24, 2.45) is 0 Å². The van der Waals surface area contributed by atoms with Gasteiger partial charge in [-0.05, 0) is 32.4 Å². The molecular weight excluding hydrogens is 278 g/mol. The molecule has 2 heterocycles. The fraction of sp³-hybridized carbons (Fsp3) is 0.824. The minimum Gasteiger partial charge on any atom is -0.310 e. The van der Waals surface area contributed by atoms with Gasteiger partial charge in [0.05, 0.1) is 10.7 Å². The number of rotatable bonds is 7. The summed E-state index contributed by atoms with van der Waals surface area (Å²) in [6.45, 7) is 11.4. The topological polar surface area (TPSA) is 28.2 Å². The van der Waals surface area contributed by atoms with Gasteiger partial charge in [-0.3, -0.25) is 0 Å². The third-order valence-corrected chi connectivity index (χ3v) is 5.33. The first-order valence-corrected chi connectivity index (χ1v) is 9.44. The Labute approximate surface area is 134 Å². The van der Waals surface area contributed by atoms with E-state index in [2.05, 4.69) is 31.0 Å². The summed E-state index contributed by atoms with van der Waals surface area (Å²) in [6, 6.07) is 0.539. The van der Waals surface area contributed by atoms with Crippen molar-refractivity contribution in [3.63, 3.8) is 0 Å². The zero-order chi connectivity index (χ0) is 15.1. The molecule has 0 amide bonds. The van der Waals surface area contributed by atoms with Crippen molar-refractivity contribution in [1.29, 1.82) is 0 Å². The van der Waals surface area contributed by atoms with Gasteiger partial charge in [0, 0.05) is 30.4 Å². The molecule has 0 saturated carbocycles. The van der Waals surface area contributed by atoms with Gasteiger partial charge in [-0.15, -0.1) is 11.3 Å². The number of likely N-dealkylation sites (tertiary alicyclic amines) is 1. The van der Waals surface area contributed by atoms with Crippen LogP contribution >= 0.6 is 11.3 Å². The van der Waals surface area contributed by atoms with Crippen molar-refractivity contribution in [2.45, 2.75) is 71.9 Å². The summed E-state index contributed by atoms with van der Waals surface area (Å²) in [4.78, 5) is 8.94. The quantitative estimate of drug-likeness (QED) is 0.834. The van der Waals surface area contributed by atoms with E-state index < -0.39 is 0 Å². The second kappa shape index (κ2) is 8.86. The number of aromatic nitrogens is 1. The minimum absolute atomic E-state index is 0.539. The van der Waals surface area contributed by atoms with Crippen molar-refractivity contribution in [1.82, 2.24) is 15.2 Å². The molecule has 0 radical (unpaired) electrons. The van der Waals surface area contributed by atoms with Gasteiger partial charge in [-0.2, -0.15) is 0 Å². The Bertz CT molecular complexity index is 406. The highest BCUT2D eigenvalue weighted by atomic mass is 32.1. The third-order valence-electron chi connectivity index (χ3n) is 4.17. The Kier molecular flexibility index (Phi) is 7.14. The molecule has 1 saturated heterocycles. The van der Waals surface area contributed by atoms with Crippen LogP contribution in [-0.4, -0.2) is 35.6 Å². The summed E-state index contributed by atoms with van der Waals surface area (Å²) < 4.78 is 0. The molecule has 4 heteroatoms. The molecule has 0 aliphatic carbocycles. The summed E-state index contributed by atoms with van der Waals surface area (Å²) >= 11 is 1.92. The summed E-state index contributed by atoms with van der Waals surface area (Å²) in [5.74, 6) is 0. The van der Waals surface area contributed by atoms with E-state index in [9.17, 15) is 0 Å². The van der Waals surface area contributed by atoms with E-state index >= 15 is 0 Å². The molecule has 1 fully saturated rings. The van der Waals surface area contributed by atoms with Crippen LogP contribution < -0.4 is 5.32 Å². The normalized spacial score (nSPS) is 17.3. The largest absolute Gasteiger partial charge is 0.310 e. The van der Waals surface area contributed by atoms with Crippen LogP contribution in [0, 0.1) is 0 Å². The summed E-state index contributed by atoms with van der Waals surface area (Å²) in [5.41, 5.74) is 1.30. The fourth-order valence-corrected chi connectivity index (χ4v) is 3.97. The summed E-state index contributed by atoms with van der Waals surface area (Å²) in [7, 11) is 0. The van der Waals surface area contributed by atoms with E-state index in [1.807, 2.05) is 11.3 Å². The number of aryl methyl sites for hydroxylation is 1. The van der Waals surface area contributed by atoms with E-state index in [0.29, 0.717) is 6.04 Å². The van der Waals surface area contributed by atoms with Gasteiger partial charge in [0.1, 0.15) is 0 Å². The first-order chi connectivity index (χ1) is 10.2. The van der Waals surface area contributed by atoms with Crippen LogP contribution in [-0.2, 0) is 19.4 Å². The molecule has 1 aromatic heterocycles. The van der Waals surface area contributed by atoms with Gasteiger partial charge in [0.15, 0.2) is 0 Å². The Morgan fingerprint density at radius 1 is 1.19 bits per heavy atom. The van der Waals surface area contributed by atoms with E-state index in [-0.39, 0.29) is 0 Å². The lowest BCUT2D eigenvalue weighted by Crippen LogP contribution is -2.26. The van der Waals surface area contributed by atoms with Gasteiger partial charge in [-0.1, -0.05) is 33.6 Å². The highest BCUT2D eigenvalue weighted by molar-refractivity contribution is 7.11. The van der Waals surface area contributed by atoms with E-state index in [0.717, 1.165) is 19.4 Å². The summed E-state index contributed by atoms with van der Waals surface area (Å²) in [5, 5.41) is 4.85. The molecule has 1 aliphatic heterocycles. The van der Waals surface area contributed by atoms with Crippen molar-refractivity contribution < 1.29 is 0 Å². The molecule has 0 unspecified atom stereocenters. The van der Waals surface area contributed by atoms with E-state index in [1.165, 1.54) is 60.9 Å². The van der Waals surface area contributed by atoms with Gasteiger partial charge in [0.25, 0.3) is 0 Å². The maximum atomic E-state index is 4.87. The van der Waals surface area contributed by atoms with Crippen molar-refractivity contribution in [3.8, 4) is 0 Å². The van der Waals surface area contributed by atoms with Crippen molar-refractivity contribution in [2.75, 3.05) is 19.6 Å². The second-order valence-electron chi connectivity index (χ2n) is 6.37. The number of nitrogens with zero attached hydrogens (tertiary/aromatic N) is 2. The van der Waals surface area contributed by atoms with Gasteiger partial charge < -0.3 is 10.2 Å². The zero-order valence-electron chi connectivity index (χ0n) is 14.0. The summed E-state index contributed by atoms with van der Waals surface area (Å²) in [6.07, 6.45) is 7.76. The molecule has 0 bridgehead atoms. The van der Waals surface area contributed by atoms with Crippen molar-refractivity contribution >= 4 is 11.3 Å². The highest BCUT2D eigenvalue weighted by Gasteiger charge is 2.13. The molecule has 21 heavy (non-hydrogen) atoms. The maximum Gasteiger partial charge on any atom is 0.0944 e. The Morgan fingerprint density at radius 3 is 2.52 bits per heavy atom. The minimum atomic E-state index is 0.539. The molecule has 0 spiro atoms. The van der Waals surface area contributed by atoms with E-state index in [4.69, 9.17) is 4.98 Å². The van der Waals surface area contributed by atoms with Crippen LogP contribution in [0.3, 0.4) is 0 Å². The van der Waals surface area contributed by atoms with Crippen LogP contribution in [0.25, 0.3) is 0 Å². The molecule has 1 N–H and O–H groups in total. The number of thiazole rings is 1. The van der Waals surface area contributed by atoms with E-state index in [1.54, 1.807) is 0 Å². The molecule has 2 rings (SSSR count). The predicted octanol–water partition coefficient (Wildman–Crippen LogP) is 3.62. The lowest BCUT2D eigenvalue weighted by molar-refractivity contribution is 0.288. The average Bonchev–Trinajstić information content (AvgIpc) is 2.68. The highest BCUT2D eigenvalue weighted by Crippen LogP contribution is 2.20. The Hall–Kier alpha value is -0.450. The van der Waals surface area contributed by atoms with Crippen LogP contribution in [0.5, 0.6) is 0 Å². The second-order valence-corrected chi connectivity index (χ2v) is 7.54. The first-order valence-electron chi connectivity index (χ1n) is 8.62. The Balaban J connectivity index is 1.87. The van der Waals surface area contributed by atoms with Gasteiger partial charge in [0.2, 0.25) is 0 Å². The number of hydrogen-bond donors (Lipinski definition) is 1. The smallest absolute Gasteiger partial charge is 0.0944 e. The molecule has 3 nitrogen and oxygen atoms in total. The standard InChI is InChI=1S/C17H31N3S/c1-4-15-16(13-18-14(2)3)21-17(19-15)9-12-20-10-7-5-6-8-11-20/h14,18H,4-13H2,1-3H3. The lowest BCUT2D eigenvalue weighted by atomic mass is 10.2. The molecule has 120 valence electrons. The zero-order valence-corrected chi connectivity index (χ0v) is 14.8. The molecule has 1 aromatic rings. The SMILES string of the molecule is CCc1nc(CCN2CCCCCC2)sc1CNC(C)C. The van der Waals surface area contributed by atoms with Gasteiger partial charge in [-0.25, -0.2) is 4.98 Å². The first kappa shape index (κ1) is 16.9. The fourth-order valence-electron chi connectivity index (χ4n) is 2.87. The van der Waals surface area contributed by atoms with Crippen LogP contribution in [0.2, 0.25) is 0 Å². The van der Waals surface area contributed by atoms with Crippen LogP contribution in [0.4, 0.5) is 0 Å². The monoisotopic (exact) mass is 309 g/mol. The third kappa shape index (κ3) is 5.68. The van der Waals surface area contributed by atoms with Crippen LogP contribution in [0.15, 0.2) is 0 Å². The van der Waals surface area contributed by atoms with Crippen molar-refractivity contribution in [3.05, 3.63) is 15.6 Å². The molecule has 1 aliphatic rings. The Morgan fingerprint density at radius 2 is 1.90 bits per heavy atom. The van der Waals surface area contributed by atoms with Crippen LogP contribution in [0.1, 0.15) is 62.0 Å². The predicted molar refractivity (Wildman–Crippen MR) is 92.1 cm³/mol. The average molecular weight is 310 g/mol. The van der Waals surface area contributed by atoms with Gasteiger partial charge >= 0.3 is 0 Å². The number of hydrogen-bond acceptors (Lipinski definition) is 4. The molecular formula is C17H31N3S. The number of nitrogens with one attached hydrogen (secondary N) is 1. The maximum absolute atomic E-state index is 4.87.